The molecule has 0 unspecified atom stereocenters. The third kappa shape index (κ3) is 5.29. The molecule has 0 saturated heterocycles. The maximum atomic E-state index is 13.2. The van der Waals surface area contributed by atoms with Crippen molar-refractivity contribution in [3.05, 3.63) is 64.8 Å². The lowest BCUT2D eigenvalue weighted by atomic mass is 9.86. The molecule has 0 bridgehead atoms. The zero-order valence-corrected chi connectivity index (χ0v) is 20.3. The quantitative estimate of drug-likeness (QED) is 0.472. The number of aromatic nitrogens is 1. The number of fused-ring (bicyclic) bond motifs is 2. The molecule has 7 heteroatoms. The highest BCUT2D eigenvalue weighted by atomic mass is 16.5. The number of allylic oxidation sites excluding steroid dienone is 1. The number of pyridine rings is 1. The van der Waals surface area contributed by atoms with Gasteiger partial charge >= 0.3 is 5.97 Å². The van der Waals surface area contributed by atoms with Crippen LogP contribution in [0.15, 0.2) is 42.5 Å². The van der Waals surface area contributed by atoms with E-state index in [1.54, 1.807) is 14.2 Å². The standard InChI is InChI=1S/C28H30N2O5/c1-4-14-29-25(31)17-35-28(32)26-20-9-5-6-11-22(20)30-27-19(8-7-10-21(26)27)15-18-12-13-23(33-2)24(16-18)34-3/h5-6,9,11-13,15-16H,4,7-8,10,14,17H2,1-3H3,(H,29,31)/b19-15+. The van der Waals surface area contributed by atoms with Crippen LogP contribution >= 0.6 is 0 Å². The number of rotatable bonds is 8. The molecule has 182 valence electrons. The number of ether oxygens (including phenoxy) is 3. The molecule has 2 aromatic carbocycles. The van der Waals surface area contributed by atoms with Gasteiger partial charge in [-0.1, -0.05) is 31.2 Å². The summed E-state index contributed by atoms with van der Waals surface area (Å²) < 4.78 is 16.2. The highest BCUT2D eigenvalue weighted by Gasteiger charge is 2.26. The molecular weight excluding hydrogens is 444 g/mol. The number of amides is 1. The molecule has 1 heterocycles. The van der Waals surface area contributed by atoms with Crippen LogP contribution in [-0.2, 0) is 16.0 Å². The van der Waals surface area contributed by atoms with Gasteiger partial charge in [0.25, 0.3) is 5.91 Å². The predicted octanol–water partition coefficient (Wildman–Crippen LogP) is 4.81. The van der Waals surface area contributed by atoms with Gasteiger partial charge in [0, 0.05) is 11.9 Å². The monoisotopic (exact) mass is 474 g/mol. The molecule has 0 aliphatic heterocycles. The topological polar surface area (TPSA) is 86.8 Å². The molecule has 1 aliphatic carbocycles. The fourth-order valence-electron chi connectivity index (χ4n) is 4.37. The van der Waals surface area contributed by atoms with Gasteiger partial charge < -0.3 is 19.5 Å². The van der Waals surface area contributed by atoms with Gasteiger partial charge in [0.1, 0.15) is 0 Å². The first kappa shape index (κ1) is 24.3. The van der Waals surface area contributed by atoms with Crippen molar-refractivity contribution < 1.29 is 23.8 Å². The summed E-state index contributed by atoms with van der Waals surface area (Å²) in [5.74, 6) is 0.506. The van der Waals surface area contributed by atoms with E-state index in [1.165, 1.54) is 0 Å². The number of hydrogen-bond donors (Lipinski definition) is 1. The van der Waals surface area contributed by atoms with E-state index >= 15 is 0 Å². The Kier molecular flexibility index (Phi) is 7.65. The largest absolute Gasteiger partial charge is 0.493 e. The number of nitrogens with zero attached hydrogens (tertiary/aromatic N) is 1. The second-order valence-corrected chi connectivity index (χ2v) is 8.39. The molecule has 1 aliphatic rings. The van der Waals surface area contributed by atoms with Crippen molar-refractivity contribution in [1.82, 2.24) is 10.3 Å². The van der Waals surface area contributed by atoms with E-state index < -0.39 is 5.97 Å². The second kappa shape index (κ2) is 11.0. The van der Waals surface area contributed by atoms with Gasteiger partial charge in [0.2, 0.25) is 0 Å². The van der Waals surface area contributed by atoms with Gasteiger partial charge in [0.15, 0.2) is 18.1 Å². The molecule has 3 aromatic rings. The molecule has 1 aromatic heterocycles. The Morgan fingerprint density at radius 2 is 1.86 bits per heavy atom. The van der Waals surface area contributed by atoms with E-state index in [4.69, 9.17) is 19.2 Å². The Labute approximate surface area is 205 Å². The van der Waals surface area contributed by atoms with E-state index in [0.717, 1.165) is 47.0 Å². The predicted molar refractivity (Wildman–Crippen MR) is 136 cm³/mol. The molecule has 0 saturated carbocycles. The number of para-hydroxylation sites is 1. The van der Waals surface area contributed by atoms with Crippen LogP contribution in [-0.4, -0.2) is 44.2 Å². The Balaban J connectivity index is 1.75. The lowest BCUT2D eigenvalue weighted by Gasteiger charge is -2.22. The number of methoxy groups -OCH3 is 2. The maximum Gasteiger partial charge on any atom is 0.339 e. The number of carbonyl (C=O) groups excluding carboxylic acids is 2. The normalized spacial score (nSPS) is 13.9. The summed E-state index contributed by atoms with van der Waals surface area (Å²) in [6.07, 6.45) is 5.32. The van der Waals surface area contributed by atoms with Gasteiger partial charge in [-0.25, -0.2) is 9.78 Å². The first-order valence-corrected chi connectivity index (χ1v) is 11.8. The summed E-state index contributed by atoms with van der Waals surface area (Å²) in [5, 5.41) is 3.47. The van der Waals surface area contributed by atoms with E-state index in [9.17, 15) is 9.59 Å². The minimum absolute atomic E-state index is 0.304. The van der Waals surface area contributed by atoms with Gasteiger partial charge in [-0.15, -0.1) is 0 Å². The first-order valence-electron chi connectivity index (χ1n) is 11.8. The summed E-state index contributed by atoms with van der Waals surface area (Å²) in [6.45, 7) is 2.21. The summed E-state index contributed by atoms with van der Waals surface area (Å²) in [7, 11) is 3.22. The average molecular weight is 475 g/mol. The summed E-state index contributed by atoms with van der Waals surface area (Å²) in [4.78, 5) is 30.2. The number of esters is 1. The van der Waals surface area contributed by atoms with Crippen molar-refractivity contribution in [2.75, 3.05) is 27.4 Å². The maximum absolute atomic E-state index is 13.2. The van der Waals surface area contributed by atoms with Crippen molar-refractivity contribution >= 4 is 34.4 Å². The summed E-state index contributed by atoms with van der Waals surface area (Å²) in [6, 6.07) is 13.3. The van der Waals surface area contributed by atoms with Crippen LogP contribution in [0.1, 0.15) is 53.4 Å². The van der Waals surface area contributed by atoms with E-state index in [2.05, 4.69) is 11.4 Å². The van der Waals surface area contributed by atoms with Crippen LogP contribution in [0.4, 0.5) is 0 Å². The van der Waals surface area contributed by atoms with Crippen molar-refractivity contribution in [2.24, 2.45) is 0 Å². The molecule has 4 rings (SSSR count). The Morgan fingerprint density at radius 3 is 2.63 bits per heavy atom. The van der Waals surface area contributed by atoms with E-state index in [0.29, 0.717) is 35.5 Å². The summed E-state index contributed by atoms with van der Waals surface area (Å²) in [5.41, 5.74) is 4.87. The zero-order chi connectivity index (χ0) is 24.8. The lowest BCUT2D eigenvalue weighted by molar-refractivity contribution is -0.124. The third-order valence-corrected chi connectivity index (χ3v) is 6.03. The van der Waals surface area contributed by atoms with Gasteiger partial charge in [-0.3, -0.25) is 4.79 Å². The molecular formula is C28H30N2O5. The highest BCUT2D eigenvalue weighted by Crippen LogP contribution is 2.37. The summed E-state index contributed by atoms with van der Waals surface area (Å²) >= 11 is 0. The first-order chi connectivity index (χ1) is 17.0. The average Bonchev–Trinajstić information content (AvgIpc) is 2.89. The molecule has 0 atom stereocenters. The van der Waals surface area contributed by atoms with Crippen LogP contribution in [0, 0.1) is 0 Å². The minimum Gasteiger partial charge on any atom is -0.493 e. The van der Waals surface area contributed by atoms with Gasteiger partial charge in [0.05, 0.1) is 31.0 Å². The molecule has 0 fully saturated rings. The van der Waals surface area contributed by atoms with Crippen molar-refractivity contribution in [3.63, 3.8) is 0 Å². The van der Waals surface area contributed by atoms with E-state index in [-0.39, 0.29) is 12.5 Å². The SMILES string of the molecule is CCCNC(=O)COC(=O)c1c2c(nc3ccccc13)/C(=C/c1ccc(OC)c(OC)c1)CCC2. The fourth-order valence-corrected chi connectivity index (χ4v) is 4.37. The number of benzene rings is 2. The van der Waals surface area contributed by atoms with Crippen LogP contribution in [0.25, 0.3) is 22.6 Å². The molecule has 1 N–H and O–H groups in total. The smallest absolute Gasteiger partial charge is 0.339 e. The number of carbonyl (C=O) groups is 2. The fraction of sp³-hybridized carbons (Fsp3) is 0.321. The molecule has 7 nitrogen and oxygen atoms in total. The van der Waals surface area contributed by atoms with Gasteiger partial charge in [-0.2, -0.15) is 0 Å². The van der Waals surface area contributed by atoms with Crippen LogP contribution in [0.2, 0.25) is 0 Å². The van der Waals surface area contributed by atoms with Crippen molar-refractivity contribution in [2.45, 2.75) is 32.6 Å². The highest BCUT2D eigenvalue weighted by molar-refractivity contribution is 6.07. The molecule has 0 radical (unpaired) electrons. The van der Waals surface area contributed by atoms with E-state index in [1.807, 2.05) is 49.4 Å². The number of hydrogen-bond acceptors (Lipinski definition) is 6. The van der Waals surface area contributed by atoms with Crippen LogP contribution in [0.3, 0.4) is 0 Å². The van der Waals surface area contributed by atoms with Crippen molar-refractivity contribution in [1.29, 1.82) is 0 Å². The molecule has 35 heavy (non-hydrogen) atoms. The Morgan fingerprint density at radius 1 is 1.06 bits per heavy atom. The minimum atomic E-state index is -0.501. The van der Waals surface area contributed by atoms with Crippen LogP contribution in [0.5, 0.6) is 11.5 Å². The van der Waals surface area contributed by atoms with Gasteiger partial charge in [-0.05, 0) is 66.7 Å². The lowest BCUT2D eigenvalue weighted by Crippen LogP contribution is -2.29. The Hall–Kier alpha value is -3.87. The number of nitrogens with one attached hydrogen (secondary N) is 1. The van der Waals surface area contributed by atoms with Crippen LogP contribution < -0.4 is 14.8 Å². The van der Waals surface area contributed by atoms with Crippen molar-refractivity contribution in [3.8, 4) is 11.5 Å². The zero-order valence-electron chi connectivity index (χ0n) is 20.3. The second-order valence-electron chi connectivity index (χ2n) is 8.39. The Bertz CT molecular complexity index is 1280. The molecule has 0 spiro atoms. The third-order valence-electron chi connectivity index (χ3n) is 6.03. The molecule has 1 amide bonds.